The van der Waals surface area contributed by atoms with Crippen molar-refractivity contribution in [3.05, 3.63) is 0 Å². The average molecular weight is 313 g/mol. The van der Waals surface area contributed by atoms with E-state index in [4.69, 9.17) is 9.84 Å². The lowest BCUT2D eigenvalue weighted by Gasteiger charge is -2.31. The van der Waals surface area contributed by atoms with E-state index < -0.39 is 31.3 Å². The van der Waals surface area contributed by atoms with Gasteiger partial charge in [-0.1, -0.05) is 0 Å². The normalized spacial score (nSPS) is 20.1. The number of nitrogens with one attached hydrogen (secondary N) is 1. The fraction of sp³-hybridized carbons (Fsp3) is 0.818. The number of halogens is 3. The van der Waals surface area contributed by atoms with Gasteiger partial charge in [0, 0.05) is 19.6 Å². The molecule has 10 heteroatoms. The Bertz CT molecular complexity index is 378. The van der Waals surface area contributed by atoms with Gasteiger partial charge in [0.05, 0.1) is 12.7 Å². The van der Waals surface area contributed by atoms with Crippen LogP contribution in [0.5, 0.6) is 0 Å². The van der Waals surface area contributed by atoms with Gasteiger partial charge in [-0.25, -0.2) is 4.79 Å². The van der Waals surface area contributed by atoms with Gasteiger partial charge < -0.3 is 25.0 Å². The molecule has 1 rings (SSSR count). The summed E-state index contributed by atoms with van der Waals surface area (Å²) in [5.41, 5.74) is 0. The van der Waals surface area contributed by atoms with Crippen molar-refractivity contribution in [2.24, 2.45) is 0 Å². The lowest BCUT2D eigenvalue weighted by atomic mass is 10.3. The van der Waals surface area contributed by atoms with E-state index in [2.05, 4.69) is 5.32 Å². The van der Waals surface area contributed by atoms with Gasteiger partial charge in [0.1, 0.15) is 13.1 Å². The molecular formula is C11H18F3N3O4. The van der Waals surface area contributed by atoms with Gasteiger partial charge in [0.2, 0.25) is 0 Å². The van der Waals surface area contributed by atoms with E-state index in [1.165, 1.54) is 0 Å². The standard InChI is InChI=1S/C11H18F3N3O4/c1-16-2-3-21-8(5-16)4-15-10(20)17(6-9(18)19)7-11(12,13)14/h8H,2-7H2,1H3,(H,15,20)(H,18,19). The van der Waals surface area contributed by atoms with Crippen LogP contribution in [0, 0.1) is 0 Å². The van der Waals surface area contributed by atoms with Crippen LogP contribution in [-0.2, 0) is 9.53 Å². The number of alkyl halides is 3. The van der Waals surface area contributed by atoms with Gasteiger partial charge in [-0.15, -0.1) is 0 Å². The first-order valence-corrected chi connectivity index (χ1v) is 6.29. The third-order valence-electron chi connectivity index (χ3n) is 2.81. The first-order valence-electron chi connectivity index (χ1n) is 6.29. The van der Waals surface area contributed by atoms with Crippen molar-refractivity contribution in [2.45, 2.75) is 12.3 Å². The number of morpholine rings is 1. The highest BCUT2D eigenvalue weighted by molar-refractivity contribution is 5.80. The molecule has 0 saturated carbocycles. The molecule has 0 radical (unpaired) electrons. The Labute approximate surface area is 119 Å². The number of carbonyl (C=O) groups is 2. The van der Waals surface area contributed by atoms with Gasteiger partial charge in [-0.3, -0.25) is 4.79 Å². The number of rotatable bonds is 5. The van der Waals surface area contributed by atoms with E-state index in [-0.39, 0.29) is 17.5 Å². The first-order chi connectivity index (χ1) is 9.67. The summed E-state index contributed by atoms with van der Waals surface area (Å²) in [6, 6.07) is -1.08. The van der Waals surface area contributed by atoms with Gasteiger partial charge in [0.25, 0.3) is 0 Å². The number of hydrogen-bond donors (Lipinski definition) is 2. The van der Waals surface area contributed by atoms with E-state index in [0.717, 1.165) is 6.54 Å². The monoisotopic (exact) mass is 313 g/mol. The number of carbonyl (C=O) groups excluding carboxylic acids is 1. The number of aliphatic carboxylic acids is 1. The molecule has 1 heterocycles. The molecular weight excluding hydrogens is 295 g/mol. The fourth-order valence-electron chi connectivity index (χ4n) is 1.88. The zero-order chi connectivity index (χ0) is 16.0. The maximum Gasteiger partial charge on any atom is 0.406 e. The average Bonchev–Trinajstić information content (AvgIpc) is 2.33. The number of nitrogens with zero attached hydrogens (tertiary/aromatic N) is 2. The van der Waals surface area contributed by atoms with E-state index in [1.54, 1.807) is 0 Å². The zero-order valence-electron chi connectivity index (χ0n) is 11.5. The van der Waals surface area contributed by atoms with Crippen LogP contribution in [0.25, 0.3) is 0 Å². The van der Waals surface area contributed by atoms with Crippen LogP contribution in [-0.4, -0.2) is 85.6 Å². The largest absolute Gasteiger partial charge is 0.480 e. The Morgan fingerprint density at radius 3 is 2.67 bits per heavy atom. The minimum Gasteiger partial charge on any atom is -0.480 e. The third-order valence-corrected chi connectivity index (χ3v) is 2.81. The lowest BCUT2D eigenvalue weighted by molar-refractivity contribution is -0.149. The molecule has 122 valence electrons. The number of amides is 2. The third kappa shape index (κ3) is 7.14. The Hall–Kier alpha value is -1.55. The van der Waals surface area contributed by atoms with Gasteiger partial charge >= 0.3 is 18.2 Å². The molecule has 0 aromatic heterocycles. The molecule has 1 unspecified atom stereocenters. The van der Waals surface area contributed by atoms with Crippen LogP contribution >= 0.6 is 0 Å². The van der Waals surface area contributed by atoms with Crippen molar-refractivity contribution in [3.8, 4) is 0 Å². The molecule has 2 amide bonds. The summed E-state index contributed by atoms with van der Waals surface area (Å²) in [4.78, 5) is 24.4. The summed E-state index contributed by atoms with van der Waals surface area (Å²) in [7, 11) is 1.86. The first kappa shape index (κ1) is 17.5. The molecule has 0 aromatic carbocycles. The van der Waals surface area contributed by atoms with Crippen molar-refractivity contribution in [3.63, 3.8) is 0 Å². The van der Waals surface area contributed by atoms with Crippen molar-refractivity contribution in [1.82, 2.24) is 15.1 Å². The van der Waals surface area contributed by atoms with Crippen LogP contribution < -0.4 is 5.32 Å². The molecule has 2 N–H and O–H groups in total. The van der Waals surface area contributed by atoms with Crippen molar-refractivity contribution in [2.75, 3.05) is 46.4 Å². The molecule has 21 heavy (non-hydrogen) atoms. The van der Waals surface area contributed by atoms with Gasteiger partial charge in [-0.05, 0) is 7.05 Å². The molecule has 0 bridgehead atoms. The summed E-state index contributed by atoms with van der Waals surface area (Å²) in [5, 5.41) is 10.8. The fourth-order valence-corrected chi connectivity index (χ4v) is 1.88. The predicted octanol–water partition coefficient (Wildman–Crippen LogP) is -0.0245. The van der Waals surface area contributed by atoms with E-state index in [1.807, 2.05) is 11.9 Å². The molecule has 1 fully saturated rings. The minimum atomic E-state index is -4.66. The summed E-state index contributed by atoms with van der Waals surface area (Å²) >= 11 is 0. The molecule has 1 aliphatic rings. The van der Waals surface area contributed by atoms with Crippen LogP contribution in [0.3, 0.4) is 0 Å². The highest BCUT2D eigenvalue weighted by Crippen LogP contribution is 2.16. The van der Waals surface area contributed by atoms with Crippen LogP contribution in [0.1, 0.15) is 0 Å². The van der Waals surface area contributed by atoms with E-state index in [9.17, 15) is 22.8 Å². The Morgan fingerprint density at radius 1 is 1.48 bits per heavy atom. The van der Waals surface area contributed by atoms with Crippen molar-refractivity contribution in [1.29, 1.82) is 0 Å². The zero-order valence-corrected chi connectivity index (χ0v) is 11.5. The van der Waals surface area contributed by atoms with Gasteiger partial charge in [0.15, 0.2) is 0 Å². The second kappa shape index (κ2) is 7.46. The topological polar surface area (TPSA) is 82.1 Å². The predicted molar refractivity (Wildman–Crippen MR) is 65.9 cm³/mol. The lowest BCUT2D eigenvalue weighted by Crippen LogP contribution is -2.51. The summed E-state index contributed by atoms with van der Waals surface area (Å²) in [6.45, 7) is -0.856. The number of hydrogen-bond acceptors (Lipinski definition) is 4. The molecule has 7 nitrogen and oxygen atoms in total. The summed E-state index contributed by atoms with van der Waals surface area (Å²) < 4.78 is 42.3. The van der Waals surface area contributed by atoms with Crippen LogP contribution in [0.4, 0.5) is 18.0 Å². The number of ether oxygens (including phenoxy) is 1. The second-order valence-corrected chi connectivity index (χ2v) is 4.81. The molecule has 0 spiro atoms. The highest BCUT2D eigenvalue weighted by atomic mass is 19.4. The quantitative estimate of drug-likeness (QED) is 0.745. The maximum absolute atomic E-state index is 12.3. The minimum absolute atomic E-state index is 0.0249. The molecule has 1 aliphatic heterocycles. The van der Waals surface area contributed by atoms with Gasteiger partial charge in [-0.2, -0.15) is 13.2 Å². The number of carboxylic acid groups (broad SMARTS) is 1. The SMILES string of the molecule is CN1CCOC(CNC(=O)N(CC(=O)O)CC(F)(F)F)C1. The van der Waals surface area contributed by atoms with E-state index >= 15 is 0 Å². The number of likely N-dealkylation sites (N-methyl/N-ethyl adjacent to an activating group) is 1. The Morgan fingerprint density at radius 2 is 2.14 bits per heavy atom. The second-order valence-electron chi connectivity index (χ2n) is 4.81. The summed E-state index contributed by atoms with van der Waals surface area (Å²) in [5.74, 6) is -1.51. The molecule has 1 saturated heterocycles. The highest BCUT2D eigenvalue weighted by Gasteiger charge is 2.34. The van der Waals surface area contributed by atoms with Crippen molar-refractivity contribution < 1.29 is 32.6 Å². The van der Waals surface area contributed by atoms with E-state index in [0.29, 0.717) is 13.2 Å². The molecule has 0 aromatic rings. The number of carboxylic acids is 1. The molecule has 1 atom stereocenters. The Balaban J connectivity index is 2.49. The molecule has 0 aliphatic carbocycles. The number of urea groups is 1. The maximum atomic E-state index is 12.3. The Kier molecular flexibility index (Phi) is 6.21. The summed E-state index contributed by atoms with van der Waals surface area (Å²) in [6.07, 6.45) is -4.99. The van der Waals surface area contributed by atoms with Crippen molar-refractivity contribution >= 4 is 12.0 Å². The van der Waals surface area contributed by atoms with Crippen LogP contribution in [0.2, 0.25) is 0 Å². The smallest absolute Gasteiger partial charge is 0.406 e. The van der Waals surface area contributed by atoms with Crippen LogP contribution in [0.15, 0.2) is 0 Å².